The lowest BCUT2D eigenvalue weighted by Crippen LogP contribution is -2.06. The Bertz CT molecular complexity index is 1450. The van der Waals surface area contributed by atoms with Crippen molar-refractivity contribution in [3.63, 3.8) is 0 Å². The van der Waals surface area contributed by atoms with Crippen molar-refractivity contribution in [3.05, 3.63) is 101 Å². The van der Waals surface area contributed by atoms with Crippen LogP contribution in [-0.4, -0.2) is 21.8 Å². The molecule has 38 heavy (non-hydrogen) atoms. The predicted molar refractivity (Wildman–Crippen MR) is 155 cm³/mol. The first-order valence-electron chi connectivity index (χ1n) is 13.8. The lowest BCUT2D eigenvalue weighted by Gasteiger charge is -2.15. The molecule has 0 N–H and O–H groups in total. The Hall–Kier alpha value is -3.84. The number of nitrogens with zero attached hydrogens (tertiary/aromatic N) is 2. The van der Waals surface area contributed by atoms with Crippen LogP contribution in [0.3, 0.4) is 0 Å². The van der Waals surface area contributed by atoms with Gasteiger partial charge in [0.15, 0.2) is 5.78 Å². The number of carbonyl (C=O) groups is 1. The summed E-state index contributed by atoms with van der Waals surface area (Å²) >= 11 is 0. The van der Waals surface area contributed by atoms with Crippen LogP contribution in [0.2, 0.25) is 0 Å². The van der Waals surface area contributed by atoms with Crippen molar-refractivity contribution in [1.29, 1.82) is 0 Å². The van der Waals surface area contributed by atoms with Gasteiger partial charge in [-0.2, -0.15) is 0 Å². The molecule has 0 saturated carbocycles. The van der Waals surface area contributed by atoms with Crippen LogP contribution in [0.5, 0.6) is 5.75 Å². The van der Waals surface area contributed by atoms with Crippen molar-refractivity contribution < 1.29 is 9.53 Å². The topological polar surface area (TPSA) is 43.6 Å². The SMILES string of the molecule is CCCC(CC)CCCOc1ccc(CC(=O)c2ccc(C)c(C#Cc3cnc4ccccn34)c2)cc1C. The monoisotopic (exact) mass is 506 g/mol. The number of hydrogen-bond acceptors (Lipinski definition) is 3. The molecule has 2 heterocycles. The lowest BCUT2D eigenvalue weighted by atomic mass is 9.96. The van der Waals surface area contributed by atoms with E-state index in [9.17, 15) is 4.79 Å². The molecule has 2 aromatic heterocycles. The van der Waals surface area contributed by atoms with E-state index in [0.717, 1.165) is 58.3 Å². The molecule has 4 heteroatoms. The van der Waals surface area contributed by atoms with Crippen LogP contribution in [0.15, 0.2) is 67.0 Å². The summed E-state index contributed by atoms with van der Waals surface area (Å²) in [7, 11) is 0. The van der Waals surface area contributed by atoms with Crippen LogP contribution < -0.4 is 4.74 Å². The minimum Gasteiger partial charge on any atom is -0.493 e. The van der Waals surface area contributed by atoms with Crippen molar-refractivity contribution in [1.82, 2.24) is 9.38 Å². The molecule has 0 aliphatic heterocycles. The zero-order valence-corrected chi connectivity index (χ0v) is 23.1. The molecule has 1 atom stereocenters. The van der Waals surface area contributed by atoms with Gasteiger partial charge in [-0.1, -0.05) is 69.4 Å². The summed E-state index contributed by atoms with van der Waals surface area (Å²) in [4.78, 5) is 17.5. The molecule has 0 aliphatic rings. The highest BCUT2D eigenvalue weighted by atomic mass is 16.5. The molecule has 1 unspecified atom stereocenters. The summed E-state index contributed by atoms with van der Waals surface area (Å²) in [6, 6.07) is 17.7. The van der Waals surface area contributed by atoms with Gasteiger partial charge in [0.25, 0.3) is 0 Å². The first kappa shape index (κ1) is 27.2. The Morgan fingerprint density at radius 1 is 1.00 bits per heavy atom. The molecular weight excluding hydrogens is 468 g/mol. The fraction of sp³-hybridized carbons (Fsp3) is 0.353. The van der Waals surface area contributed by atoms with Crippen molar-refractivity contribution in [3.8, 4) is 17.6 Å². The van der Waals surface area contributed by atoms with Crippen LogP contribution >= 0.6 is 0 Å². The fourth-order valence-electron chi connectivity index (χ4n) is 4.87. The highest BCUT2D eigenvalue weighted by Crippen LogP contribution is 2.22. The number of pyridine rings is 1. The molecule has 196 valence electrons. The highest BCUT2D eigenvalue weighted by molar-refractivity contribution is 5.98. The molecular formula is C34H38N2O2. The van der Waals surface area contributed by atoms with E-state index in [1.807, 2.05) is 66.1 Å². The zero-order valence-electron chi connectivity index (χ0n) is 23.1. The van der Waals surface area contributed by atoms with Gasteiger partial charge in [-0.15, -0.1) is 0 Å². The Morgan fingerprint density at radius 3 is 2.66 bits per heavy atom. The van der Waals surface area contributed by atoms with Crippen molar-refractivity contribution >= 4 is 11.4 Å². The van der Waals surface area contributed by atoms with Gasteiger partial charge in [0, 0.05) is 23.7 Å². The largest absolute Gasteiger partial charge is 0.493 e. The van der Waals surface area contributed by atoms with Crippen LogP contribution in [0.4, 0.5) is 0 Å². The van der Waals surface area contributed by atoms with Crippen molar-refractivity contribution in [2.45, 2.75) is 66.2 Å². The molecule has 4 aromatic rings. The molecule has 0 bridgehead atoms. The number of fused-ring (bicyclic) bond motifs is 1. The van der Waals surface area contributed by atoms with Crippen LogP contribution in [0, 0.1) is 31.6 Å². The molecule has 4 rings (SSSR count). The third kappa shape index (κ3) is 6.92. The average molecular weight is 507 g/mol. The molecule has 0 aliphatic carbocycles. The summed E-state index contributed by atoms with van der Waals surface area (Å²) in [5.74, 6) is 8.25. The van der Waals surface area contributed by atoms with E-state index in [-0.39, 0.29) is 5.78 Å². The first-order valence-corrected chi connectivity index (χ1v) is 13.8. The van der Waals surface area contributed by atoms with Gasteiger partial charge in [-0.05, 0) is 79.5 Å². The van der Waals surface area contributed by atoms with E-state index in [2.05, 4.69) is 43.7 Å². The molecule has 4 nitrogen and oxygen atoms in total. The minimum absolute atomic E-state index is 0.0810. The number of rotatable bonds is 11. The number of benzene rings is 2. The second-order valence-corrected chi connectivity index (χ2v) is 10.1. The van der Waals surface area contributed by atoms with Crippen molar-refractivity contribution in [2.24, 2.45) is 5.92 Å². The van der Waals surface area contributed by atoms with Crippen LogP contribution in [-0.2, 0) is 6.42 Å². The maximum absolute atomic E-state index is 13.1. The van der Waals surface area contributed by atoms with Gasteiger partial charge in [0.1, 0.15) is 17.1 Å². The third-order valence-corrected chi connectivity index (χ3v) is 7.19. The average Bonchev–Trinajstić information content (AvgIpc) is 3.34. The van der Waals surface area contributed by atoms with Gasteiger partial charge >= 0.3 is 0 Å². The molecule has 0 amide bonds. The summed E-state index contributed by atoms with van der Waals surface area (Å²) in [6.45, 7) is 9.34. The molecule has 2 aromatic carbocycles. The number of hydrogen-bond donors (Lipinski definition) is 0. The van der Waals surface area contributed by atoms with Crippen LogP contribution in [0.25, 0.3) is 5.65 Å². The summed E-state index contributed by atoms with van der Waals surface area (Å²) in [6.07, 6.45) is 10.2. The summed E-state index contributed by atoms with van der Waals surface area (Å²) < 4.78 is 8.02. The Morgan fingerprint density at radius 2 is 1.87 bits per heavy atom. The summed E-state index contributed by atoms with van der Waals surface area (Å²) in [5.41, 5.74) is 6.31. The number of aryl methyl sites for hydroxylation is 2. The number of ketones is 1. The second-order valence-electron chi connectivity index (χ2n) is 10.1. The van der Waals surface area contributed by atoms with Gasteiger partial charge in [0.2, 0.25) is 0 Å². The van der Waals surface area contributed by atoms with E-state index in [4.69, 9.17) is 4.74 Å². The van der Waals surface area contributed by atoms with Gasteiger partial charge in [0.05, 0.1) is 12.8 Å². The number of imidazole rings is 1. The number of ether oxygens (including phenoxy) is 1. The maximum Gasteiger partial charge on any atom is 0.167 e. The molecule has 0 fully saturated rings. The van der Waals surface area contributed by atoms with E-state index in [1.165, 1.54) is 25.7 Å². The minimum atomic E-state index is 0.0810. The van der Waals surface area contributed by atoms with E-state index in [1.54, 1.807) is 6.20 Å². The second kappa shape index (κ2) is 13.1. The normalized spacial score (nSPS) is 11.7. The Balaban J connectivity index is 1.39. The number of carbonyl (C=O) groups excluding carboxylic acids is 1. The van der Waals surface area contributed by atoms with Gasteiger partial charge in [-0.25, -0.2) is 4.98 Å². The van der Waals surface area contributed by atoms with E-state index < -0.39 is 0 Å². The standard InChI is InChI=1S/C34H38N2O2/c1-5-10-27(6-2)11-9-20-38-33-18-14-28(21-26(33)4)22-32(37)30-15-13-25(3)29(23-30)16-17-31-24-35-34-12-7-8-19-36(31)34/h7-8,12-15,18-19,21,23-24,27H,5-6,9-11,20,22H2,1-4H3. The van der Waals surface area contributed by atoms with E-state index >= 15 is 0 Å². The van der Waals surface area contributed by atoms with Crippen molar-refractivity contribution in [2.75, 3.05) is 6.61 Å². The van der Waals surface area contributed by atoms with E-state index in [0.29, 0.717) is 12.0 Å². The number of Topliss-reactive ketones (excluding diaryl/α,β-unsaturated/α-hetero) is 1. The van der Waals surface area contributed by atoms with Gasteiger partial charge in [-0.3, -0.25) is 9.20 Å². The fourth-order valence-corrected chi connectivity index (χ4v) is 4.87. The lowest BCUT2D eigenvalue weighted by molar-refractivity contribution is 0.0993. The zero-order chi connectivity index (χ0) is 26.9. The molecule has 0 saturated heterocycles. The maximum atomic E-state index is 13.1. The molecule has 0 radical (unpaired) electrons. The summed E-state index contributed by atoms with van der Waals surface area (Å²) in [5, 5.41) is 0. The predicted octanol–water partition coefficient (Wildman–Crippen LogP) is 7.76. The highest BCUT2D eigenvalue weighted by Gasteiger charge is 2.11. The third-order valence-electron chi connectivity index (χ3n) is 7.19. The smallest absolute Gasteiger partial charge is 0.167 e. The van der Waals surface area contributed by atoms with Crippen LogP contribution in [0.1, 0.15) is 84.3 Å². The Labute approximate surface area is 227 Å². The van der Waals surface area contributed by atoms with Gasteiger partial charge < -0.3 is 4.74 Å². The molecule has 0 spiro atoms. The quantitative estimate of drug-likeness (QED) is 0.119. The number of aromatic nitrogens is 2. The Kier molecular flexibility index (Phi) is 9.38. The first-order chi connectivity index (χ1) is 18.5.